The smallest absolute Gasteiger partial charge is 0.265 e. The van der Waals surface area contributed by atoms with E-state index in [9.17, 15) is 9.59 Å². The zero-order valence-corrected chi connectivity index (χ0v) is 14.5. The van der Waals surface area contributed by atoms with Crippen LogP contribution in [0.3, 0.4) is 0 Å². The fraction of sp³-hybridized carbons (Fsp3) is 0. The number of anilines is 1. The van der Waals surface area contributed by atoms with Crippen molar-refractivity contribution in [3.63, 3.8) is 0 Å². The Labute approximate surface area is 157 Å². The molecule has 0 bridgehead atoms. The van der Waals surface area contributed by atoms with Crippen LogP contribution in [0.15, 0.2) is 97.1 Å². The van der Waals surface area contributed by atoms with Gasteiger partial charge in [-0.25, -0.2) is 4.90 Å². The van der Waals surface area contributed by atoms with Crippen LogP contribution in [0.25, 0.3) is 10.8 Å². The number of fused-ring (bicyclic) bond motifs is 1. The van der Waals surface area contributed by atoms with Crippen LogP contribution in [0.5, 0.6) is 0 Å². The number of benzene rings is 4. The summed E-state index contributed by atoms with van der Waals surface area (Å²) < 4.78 is 0. The van der Waals surface area contributed by atoms with Gasteiger partial charge in [0.05, 0.1) is 5.69 Å². The molecule has 0 spiro atoms. The number of nitrogens with zero attached hydrogens (tertiary/aromatic N) is 1. The lowest BCUT2D eigenvalue weighted by Gasteiger charge is -2.21. The minimum absolute atomic E-state index is 0.360. The fourth-order valence-corrected chi connectivity index (χ4v) is 3.02. The minimum Gasteiger partial charge on any atom is -0.268 e. The molecule has 4 rings (SSSR count). The summed E-state index contributed by atoms with van der Waals surface area (Å²) in [6.07, 6.45) is 0. The van der Waals surface area contributed by atoms with Gasteiger partial charge in [-0.1, -0.05) is 60.7 Å². The van der Waals surface area contributed by atoms with Crippen LogP contribution in [0.2, 0.25) is 0 Å². The van der Waals surface area contributed by atoms with Crippen molar-refractivity contribution >= 4 is 28.3 Å². The average Bonchev–Trinajstić information content (AvgIpc) is 2.75. The second kappa shape index (κ2) is 7.26. The van der Waals surface area contributed by atoms with Crippen LogP contribution in [0, 0.1) is 6.07 Å². The second-order valence-corrected chi connectivity index (χ2v) is 6.13. The molecule has 4 aromatic carbocycles. The van der Waals surface area contributed by atoms with Gasteiger partial charge in [-0.3, -0.25) is 9.59 Å². The molecule has 0 aromatic heterocycles. The Morgan fingerprint density at radius 1 is 0.630 bits per heavy atom. The summed E-state index contributed by atoms with van der Waals surface area (Å²) in [7, 11) is 0. The van der Waals surface area contributed by atoms with E-state index in [1.165, 1.54) is 4.90 Å². The summed E-state index contributed by atoms with van der Waals surface area (Å²) in [6.45, 7) is 0. The third kappa shape index (κ3) is 3.35. The van der Waals surface area contributed by atoms with Crippen LogP contribution in [-0.4, -0.2) is 11.8 Å². The molecule has 129 valence electrons. The highest BCUT2D eigenvalue weighted by atomic mass is 16.2. The fourth-order valence-electron chi connectivity index (χ4n) is 3.02. The quantitative estimate of drug-likeness (QED) is 0.481. The molecule has 0 aliphatic heterocycles. The molecule has 0 saturated carbocycles. The van der Waals surface area contributed by atoms with Gasteiger partial charge in [-0.2, -0.15) is 0 Å². The van der Waals surface area contributed by atoms with Crippen molar-refractivity contribution in [2.45, 2.75) is 0 Å². The summed E-state index contributed by atoms with van der Waals surface area (Å²) >= 11 is 0. The van der Waals surface area contributed by atoms with E-state index in [2.05, 4.69) is 6.07 Å². The van der Waals surface area contributed by atoms with E-state index in [1.54, 1.807) is 54.6 Å². The van der Waals surface area contributed by atoms with Crippen molar-refractivity contribution in [2.24, 2.45) is 0 Å². The van der Waals surface area contributed by atoms with Gasteiger partial charge in [0.15, 0.2) is 0 Å². The first kappa shape index (κ1) is 16.7. The largest absolute Gasteiger partial charge is 0.268 e. The third-order valence-corrected chi connectivity index (χ3v) is 4.38. The van der Waals surface area contributed by atoms with E-state index in [0.717, 1.165) is 10.8 Å². The maximum atomic E-state index is 13.3. The van der Waals surface area contributed by atoms with Crippen molar-refractivity contribution in [2.75, 3.05) is 4.90 Å². The van der Waals surface area contributed by atoms with Crippen LogP contribution >= 0.6 is 0 Å². The van der Waals surface area contributed by atoms with Crippen LogP contribution < -0.4 is 4.90 Å². The highest BCUT2D eigenvalue weighted by Gasteiger charge is 2.25. The summed E-state index contributed by atoms with van der Waals surface area (Å²) in [5.74, 6) is -0.722. The minimum atomic E-state index is -0.361. The molecule has 0 fully saturated rings. The first-order valence-corrected chi connectivity index (χ1v) is 8.63. The van der Waals surface area contributed by atoms with Gasteiger partial charge in [0.1, 0.15) is 0 Å². The van der Waals surface area contributed by atoms with Crippen molar-refractivity contribution in [3.8, 4) is 0 Å². The Hall–Kier alpha value is -3.72. The standard InChI is InChI=1S/C24H16NO2/c26-23(19-10-3-1-4-11-19)25(22-13-5-2-6-14-22)24(27)21-16-15-18-9-7-8-12-20(18)17-21/h1,3-17H. The topological polar surface area (TPSA) is 37.4 Å². The van der Waals surface area contributed by atoms with E-state index in [-0.39, 0.29) is 11.8 Å². The van der Waals surface area contributed by atoms with Crippen molar-refractivity contribution in [1.82, 2.24) is 0 Å². The summed E-state index contributed by atoms with van der Waals surface area (Å²) in [4.78, 5) is 27.6. The normalized spacial score (nSPS) is 10.5. The Balaban J connectivity index is 1.79. The van der Waals surface area contributed by atoms with Gasteiger partial charge < -0.3 is 0 Å². The molecule has 3 nitrogen and oxygen atoms in total. The molecule has 3 heteroatoms. The zero-order valence-electron chi connectivity index (χ0n) is 14.5. The lowest BCUT2D eigenvalue weighted by atomic mass is 10.1. The zero-order chi connectivity index (χ0) is 18.6. The van der Waals surface area contributed by atoms with Gasteiger partial charge in [0.25, 0.3) is 11.8 Å². The summed E-state index contributed by atoms with van der Waals surface area (Å²) in [6, 6.07) is 31.8. The molecule has 2 amide bonds. The second-order valence-electron chi connectivity index (χ2n) is 6.13. The number of hydrogen-bond acceptors (Lipinski definition) is 2. The predicted molar refractivity (Wildman–Crippen MR) is 107 cm³/mol. The lowest BCUT2D eigenvalue weighted by Crippen LogP contribution is -2.37. The Morgan fingerprint density at radius 3 is 2.00 bits per heavy atom. The summed E-state index contributed by atoms with van der Waals surface area (Å²) in [5.41, 5.74) is 1.44. The molecule has 0 heterocycles. The molecule has 0 N–H and O–H groups in total. The Bertz CT molecular complexity index is 1100. The first-order valence-electron chi connectivity index (χ1n) is 8.63. The van der Waals surface area contributed by atoms with E-state index >= 15 is 0 Å². The van der Waals surface area contributed by atoms with E-state index in [0.29, 0.717) is 16.8 Å². The molecule has 0 aliphatic rings. The molecule has 0 unspecified atom stereocenters. The number of imide groups is 1. The number of amides is 2. The highest BCUT2D eigenvalue weighted by Crippen LogP contribution is 2.22. The van der Waals surface area contributed by atoms with Gasteiger partial charge in [0, 0.05) is 11.1 Å². The molecule has 4 aromatic rings. The molecule has 1 radical (unpaired) electrons. The monoisotopic (exact) mass is 350 g/mol. The SMILES string of the molecule is O=C(c1ccccc1)N(C(=O)c1ccc2ccccc2c1)c1cc[c]cc1. The maximum absolute atomic E-state index is 13.3. The van der Waals surface area contributed by atoms with Crippen molar-refractivity contribution in [3.05, 3.63) is 114 Å². The third-order valence-electron chi connectivity index (χ3n) is 4.38. The maximum Gasteiger partial charge on any atom is 0.265 e. The van der Waals surface area contributed by atoms with E-state index in [1.807, 2.05) is 42.5 Å². The van der Waals surface area contributed by atoms with E-state index in [4.69, 9.17) is 0 Å². The number of hydrogen-bond donors (Lipinski definition) is 0. The Morgan fingerprint density at radius 2 is 1.26 bits per heavy atom. The molecule has 0 atom stereocenters. The highest BCUT2D eigenvalue weighted by molar-refractivity contribution is 6.26. The van der Waals surface area contributed by atoms with E-state index < -0.39 is 0 Å². The van der Waals surface area contributed by atoms with Crippen molar-refractivity contribution < 1.29 is 9.59 Å². The number of carbonyl (C=O) groups is 2. The molecular formula is C24H16NO2. The molecular weight excluding hydrogens is 334 g/mol. The molecule has 27 heavy (non-hydrogen) atoms. The van der Waals surface area contributed by atoms with Gasteiger partial charge in [-0.15, -0.1) is 0 Å². The number of rotatable bonds is 3. The number of carbonyl (C=O) groups excluding carboxylic acids is 2. The van der Waals surface area contributed by atoms with Crippen LogP contribution in [-0.2, 0) is 0 Å². The average molecular weight is 350 g/mol. The van der Waals surface area contributed by atoms with Gasteiger partial charge in [-0.05, 0) is 53.2 Å². The molecule has 0 saturated heterocycles. The lowest BCUT2D eigenvalue weighted by molar-refractivity contribution is 0.0897. The van der Waals surface area contributed by atoms with Crippen LogP contribution in [0.4, 0.5) is 5.69 Å². The van der Waals surface area contributed by atoms with Crippen LogP contribution in [0.1, 0.15) is 20.7 Å². The summed E-state index contributed by atoms with van der Waals surface area (Å²) in [5, 5.41) is 2.00. The Kier molecular flexibility index (Phi) is 4.50. The van der Waals surface area contributed by atoms with Gasteiger partial charge >= 0.3 is 0 Å². The first-order chi connectivity index (χ1) is 13.2. The molecule has 0 aliphatic carbocycles. The van der Waals surface area contributed by atoms with Gasteiger partial charge in [0.2, 0.25) is 0 Å². The predicted octanol–water partition coefficient (Wildman–Crippen LogP) is 5.13. The van der Waals surface area contributed by atoms with Crippen molar-refractivity contribution in [1.29, 1.82) is 0 Å².